The Hall–Kier alpha value is -3.87. The van der Waals surface area contributed by atoms with Gasteiger partial charge in [0.25, 0.3) is 5.91 Å². The topological polar surface area (TPSA) is 67.9 Å². The summed E-state index contributed by atoms with van der Waals surface area (Å²) in [6.07, 6.45) is 0.318. The summed E-state index contributed by atoms with van der Waals surface area (Å²) >= 11 is 0. The highest BCUT2D eigenvalue weighted by atomic mass is 19.1. The summed E-state index contributed by atoms with van der Waals surface area (Å²) in [5.41, 5.74) is 1.13. The largest absolute Gasteiger partial charge is 0.497 e. The highest BCUT2D eigenvalue weighted by Gasteiger charge is 2.32. The molecule has 0 saturated heterocycles. The first-order chi connectivity index (χ1) is 17.1. The van der Waals surface area contributed by atoms with E-state index in [0.717, 1.165) is 5.56 Å². The Balaban J connectivity index is 1.90. The maximum absolute atomic E-state index is 13.5. The van der Waals surface area contributed by atoms with E-state index in [1.165, 1.54) is 17.0 Å². The SMILES string of the molecule is COc1ccc(OCC(=O)N(Cc2ccc(F)cc2)C(Cc2ccccc2)C(=O)NC(C)(C)C)cc1. The lowest BCUT2D eigenvalue weighted by Crippen LogP contribution is -2.55. The van der Waals surface area contributed by atoms with Gasteiger partial charge in [-0.1, -0.05) is 42.5 Å². The lowest BCUT2D eigenvalue weighted by molar-refractivity contribution is -0.143. The third-order valence-electron chi connectivity index (χ3n) is 5.46. The standard InChI is InChI=1S/C29H33FN2O4/c1-29(2,3)31-28(34)26(18-21-8-6-5-7-9-21)32(19-22-10-12-23(30)13-11-22)27(33)20-36-25-16-14-24(35-4)15-17-25/h5-17,26H,18-20H2,1-4H3,(H,31,34). The average Bonchev–Trinajstić information content (AvgIpc) is 2.85. The molecule has 0 aliphatic rings. The van der Waals surface area contributed by atoms with E-state index in [1.54, 1.807) is 43.5 Å². The van der Waals surface area contributed by atoms with Crippen LogP contribution in [0.3, 0.4) is 0 Å². The minimum Gasteiger partial charge on any atom is -0.497 e. The quantitative estimate of drug-likeness (QED) is 0.443. The van der Waals surface area contributed by atoms with Crippen molar-refractivity contribution in [1.82, 2.24) is 10.2 Å². The number of nitrogens with zero attached hydrogens (tertiary/aromatic N) is 1. The molecule has 36 heavy (non-hydrogen) atoms. The van der Waals surface area contributed by atoms with Gasteiger partial charge in [-0.2, -0.15) is 0 Å². The molecular weight excluding hydrogens is 459 g/mol. The maximum Gasteiger partial charge on any atom is 0.261 e. The predicted molar refractivity (Wildman–Crippen MR) is 137 cm³/mol. The second-order valence-electron chi connectivity index (χ2n) is 9.56. The third-order valence-corrected chi connectivity index (χ3v) is 5.46. The molecular formula is C29H33FN2O4. The number of carbonyl (C=O) groups excluding carboxylic acids is 2. The van der Waals surface area contributed by atoms with Crippen LogP contribution in [0.2, 0.25) is 0 Å². The fraction of sp³-hybridized carbons (Fsp3) is 0.310. The zero-order valence-corrected chi connectivity index (χ0v) is 21.2. The molecule has 6 nitrogen and oxygen atoms in total. The fourth-order valence-electron chi connectivity index (χ4n) is 3.69. The smallest absolute Gasteiger partial charge is 0.261 e. The van der Waals surface area contributed by atoms with E-state index in [1.807, 2.05) is 51.1 Å². The van der Waals surface area contributed by atoms with Crippen LogP contribution in [0.15, 0.2) is 78.9 Å². The van der Waals surface area contributed by atoms with Crippen molar-refractivity contribution in [2.24, 2.45) is 0 Å². The summed E-state index contributed by atoms with van der Waals surface area (Å²) < 4.78 is 24.4. The van der Waals surface area contributed by atoms with Crippen LogP contribution in [0.5, 0.6) is 11.5 Å². The highest BCUT2D eigenvalue weighted by Crippen LogP contribution is 2.19. The molecule has 0 bridgehead atoms. The number of halogens is 1. The Morgan fingerprint density at radius 3 is 2.08 bits per heavy atom. The van der Waals surface area contributed by atoms with Crippen molar-refractivity contribution >= 4 is 11.8 Å². The number of benzene rings is 3. The number of hydrogen-bond acceptors (Lipinski definition) is 4. The fourth-order valence-corrected chi connectivity index (χ4v) is 3.69. The molecule has 3 aromatic carbocycles. The van der Waals surface area contributed by atoms with Gasteiger partial charge in [0.15, 0.2) is 6.61 Å². The van der Waals surface area contributed by atoms with Crippen molar-refractivity contribution in [3.05, 3.63) is 95.8 Å². The van der Waals surface area contributed by atoms with E-state index in [4.69, 9.17) is 9.47 Å². The van der Waals surface area contributed by atoms with Gasteiger partial charge in [-0.3, -0.25) is 9.59 Å². The Labute approximate surface area is 212 Å². The Morgan fingerprint density at radius 2 is 1.50 bits per heavy atom. The second kappa shape index (κ2) is 12.2. The highest BCUT2D eigenvalue weighted by molar-refractivity contribution is 5.89. The second-order valence-corrected chi connectivity index (χ2v) is 9.56. The summed E-state index contributed by atoms with van der Waals surface area (Å²) in [6.45, 7) is 5.54. The number of nitrogens with one attached hydrogen (secondary N) is 1. The van der Waals surface area contributed by atoms with Crippen molar-refractivity contribution in [2.75, 3.05) is 13.7 Å². The predicted octanol–water partition coefficient (Wildman–Crippen LogP) is 4.77. The van der Waals surface area contributed by atoms with Crippen LogP contribution in [-0.4, -0.2) is 42.0 Å². The monoisotopic (exact) mass is 492 g/mol. The molecule has 0 saturated carbocycles. The summed E-state index contributed by atoms with van der Waals surface area (Å²) in [5, 5.41) is 3.01. The van der Waals surface area contributed by atoms with E-state index in [9.17, 15) is 14.0 Å². The first-order valence-electron chi connectivity index (χ1n) is 11.8. The molecule has 0 aliphatic heterocycles. The number of carbonyl (C=O) groups is 2. The molecule has 1 unspecified atom stereocenters. The molecule has 0 radical (unpaired) electrons. The summed E-state index contributed by atoms with van der Waals surface area (Å²) in [7, 11) is 1.57. The minimum atomic E-state index is -0.802. The van der Waals surface area contributed by atoms with Crippen LogP contribution in [0.25, 0.3) is 0 Å². The zero-order valence-electron chi connectivity index (χ0n) is 21.2. The van der Waals surface area contributed by atoms with E-state index >= 15 is 0 Å². The lowest BCUT2D eigenvalue weighted by Gasteiger charge is -2.33. The van der Waals surface area contributed by atoms with Crippen molar-refractivity contribution in [2.45, 2.75) is 45.3 Å². The Kier molecular flexibility index (Phi) is 9.06. The summed E-state index contributed by atoms with van der Waals surface area (Å²) in [6, 6.07) is 21.5. The number of rotatable bonds is 10. The molecule has 0 heterocycles. The first kappa shape index (κ1) is 26.7. The van der Waals surface area contributed by atoms with E-state index < -0.39 is 11.6 Å². The van der Waals surface area contributed by atoms with Crippen LogP contribution in [-0.2, 0) is 22.6 Å². The van der Waals surface area contributed by atoms with Gasteiger partial charge in [0.05, 0.1) is 7.11 Å². The van der Waals surface area contributed by atoms with Gasteiger partial charge in [0.2, 0.25) is 5.91 Å². The molecule has 0 spiro atoms. The van der Waals surface area contributed by atoms with Crippen LogP contribution in [0.4, 0.5) is 4.39 Å². The van der Waals surface area contributed by atoms with E-state index in [-0.39, 0.29) is 30.8 Å². The average molecular weight is 493 g/mol. The van der Waals surface area contributed by atoms with Gasteiger partial charge in [-0.15, -0.1) is 0 Å². The van der Waals surface area contributed by atoms with E-state index in [0.29, 0.717) is 23.5 Å². The number of methoxy groups -OCH3 is 1. The molecule has 3 aromatic rings. The maximum atomic E-state index is 13.5. The molecule has 2 amide bonds. The molecule has 0 aromatic heterocycles. The molecule has 0 fully saturated rings. The molecule has 1 atom stereocenters. The van der Waals surface area contributed by atoms with Gasteiger partial charge in [0.1, 0.15) is 23.4 Å². The van der Waals surface area contributed by atoms with Gasteiger partial charge in [0, 0.05) is 18.5 Å². The normalized spacial score (nSPS) is 11.9. The van der Waals surface area contributed by atoms with Gasteiger partial charge >= 0.3 is 0 Å². The summed E-state index contributed by atoms with van der Waals surface area (Å²) in [4.78, 5) is 28.5. The van der Waals surface area contributed by atoms with Crippen molar-refractivity contribution in [3.8, 4) is 11.5 Å². The summed E-state index contributed by atoms with van der Waals surface area (Å²) in [5.74, 6) is 0.176. The third kappa shape index (κ3) is 8.12. The van der Waals surface area contributed by atoms with Crippen LogP contribution in [0.1, 0.15) is 31.9 Å². The van der Waals surface area contributed by atoms with Crippen LogP contribution < -0.4 is 14.8 Å². The first-order valence-corrected chi connectivity index (χ1v) is 11.8. The Bertz CT molecular complexity index is 1130. The van der Waals surface area contributed by atoms with Crippen molar-refractivity contribution in [3.63, 3.8) is 0 Å². The van der Waals surface area contributed by atoms with Gasteiger partial charge in [-0.25, -0.2) is 4.39 Å². The molecule has 7 heteroatoms. The molecule has 190 valence electrons. The van der Waals surface area contributed by atoms with Crippen molar-refractivity contribution < 1.29 is 23.5 Å². The van der Waals surface area contributed by atoms with Gasteiger partial charge in [-0.05, 0) is 68.3 Å². The lowest BCUT2D eigenvalue weighted by atomic mass is 10.0. The number of hydrogen-bond donors (Lipinski definition) is 1. The van der Waals surface area contributed by atoms with Crippen LogP contribution in [0, 0.1) is 5.82 Å². The minimum absolute atomic E-state index is 0.125. The van der Waals surface area contributed by atoms with E-state index in [2.05, 4.69) is 5.32 Å². The molecule has 1 N–H and O–H groups in total. The molecule has 3 rings (SSSR count). The number of ether oxygens (including phenoxy) is 2. The van der Waals surface area contributed by atoms with Crippen molar-refractivity contribution in [1.29, 1.82) is 0 Å². The number of amides is 2. The molecule has 0 aliphatic carbocycles. The van der Waals surface area contributed by atoms with Gasteiger partial charge < -0.3 is 19.7 Å². The zero-order chi connectivity index (χ0) is 26.1. The Morgan fingerprint density at radius 1 is 0.889 bits per heavy atom. The van der Waals surface area contributed by atoms with Crippen LogP contribution >= 0.6 is 0 Å².